The molecule has 0 aliphatic carbocycles. The van der Waals surface area contributed by atoms with Crippen LogP contribution < -0.4 is 0 Å². The fourth-order valence-corrected chi connectivity index (χ4v) is 2.68. The first-order chi connectivity index (χ1) is 11.8. The van der Waals surface area contributed by atoms with Crippen molar-refractivity contribution in [3.8, 4) is 0 Å². The molecule has 0 atom stereocenters. The third-order valence-electron chi connectivity index (χ3n) is 3.75. The maximum absolute atomic E-state index is 4.58. The van der Waals surface area contributed by atoms with E-state index in [1.807, 2.05) is 60.7 Å². The zero-order valence-electron chi connectivity index (χ0n) is 12.6. The minimum absolute atomic E-state index is 0.655. The normalized spacial score (nSPS) is 12.7. The number of fused-ring (bicyclic) bond motifs is 8. The van der Waals surface area contributed by atoms with Crippen molar-refractivity contribution >= 4 is 46.8 Å². The highest BCUT2D eigenvalue weighted by Crippen LogP contribution is 2.15. The number of aromatic amines is 2. The summed E-state index contributed by atoms with van der Waals surface area (Å²) in [6, 6.07) is 11.6. The van der Waals surface area contributed by atoms with Gasteiger partial charge in [-0.3, -0.25) is 0 Å². The molecule has 0 aromatic carbocycles. The van der Waals surface area contributed by atoms with Crippen LogP contribution in [0.1, 0.15) is 22.9 Å². The quantitative estimate of drug-likeness (QED) is 0.459. The van der Waals surface area contributed by atoms with Gasteiger partial charge in [0.05, 0.1) is 17.1 Å². The lowest BCUT2D eigenvalue weighted by atomic mass is 10.3. The third-order valence-corrected chi connectivity index (χ3v) is 3.75. The van der Waals surface area contributed by atoms with Crippen molar-refractivity contribution in [2.24, 2.45) is 0 Å². The minimum Gasteiger partial charge on any atom is -0.340 e. The largest absolute Gasteiger partial charge is 0.340 e. The van der Waals surface area contributed by atoms with E-state index < -0.39 is 0 Å². The first-order valence-electron chi connectivity index (χ1n) is 7.59. The Morgan fingerprint density at radius 2 is 1.21 bits per heavy atom. The Labute approximate surface area is 136 Å². The van der Waals surface area contributed by atoms with E-state index >= 15 is 0 Å². The van der Waals surface area contributed by atoms with Crippen molar-refractivity contribution in [3.63, 3.8) is 0 Å². The fourth-order valence-electron chi connectivity index (χ4n) is 2.68. The number of nitrogens with zero attached hydrogens (tertiary/aromatic N) is 4. The number of aromatic nitrogens is 6. The van der Waals surface area contributed by atoms with Gasteiger partial charge in [0, 0.05) is 5.52 Å². The molecule has 0 fully saturated rings. The van der Waals surface area contributed by atoms with Crippen LogP contribution in [0.3, 0.4) is 0 Å². The van der Waals surface area contributed by atoms with Gasteiger partial charge in [0.1, 0.15) is 16.9 Å². The zero-order valence-corrected chi connectivity index (χ0v) is 12.6. The summed E-state index contributed by atoms with van der Waals surface area (Å²) in [5.41, 5.74) is 5.78. The van der Waals surface area contributed by atoms with E-state index in [0.29, 0.717) is 5.82 Å². The predicted octanol–water partition coefficient (Wildman–Crippen LogP) is 3.45. The van der Waals surface area contributed by atoms with Gasteiger partial charge in [0.25, 0.3) is 0 Å². The van der Waals surface area contributed by atoms with Crippen LogP contribution in [-0.4, -0.2) is 29.9 Å². The molecule has 6 nitrogen and oxygen atoms in total. The highest BCUT2D eigenvalue weighted by molar-refractivity contribution is 5.75. The highest BCUT2D eigenvalue weighted by atomic mass is 15.0. The SMILES string of the molecule is C1=Cc2cc3ccc(nc4ccc(nc5nc(cc1n2)C=C5)[nH]4)[nH]3. The van der Waals surface area contributed by atoms with Crippen molar-refractivity contribution in [2.75, 3.05) is 0 Å². The van der Waals surface area contributed by atoms with E-state index in [4.69, 9.17) is 0 Å². The molecule has 2 N–H and O–H groups in total. The number of rotatable bonds is 0. The second-order valence-corrected chi connectivity index (χ2v) is 5.56. The smallest absolute Gasteiger partial charge is 0.154 e. The van der Waals surface area contributed by atoms with Gasteiger partial charge in [0.15, 0.2) is 5.82 Å². The van der Waals surface area contributed by atoms with Crippen LogP contribution in [0.15, 0.2) is 36.4 Å². The van der Waals surface area contributed by atoms with Gasteiger partial charge in [-0.05, 0) is 60.7 Å². The number of H-pyrrole nitrogens is 2. The average Bonchev–Trinajstić information content (AvgIpc) is 3.32. The van der Waals surface area contributed by atoms with Gasteiger partial charge in [-0.1, -0.05) is 0 Å². The van der Waals surface area contributed by atoms with Crippen LogP contribution in [-0.2, 0) is 0 Å². The lowest BCUT2D eigenvalue weighted by Crippen LogP contribution is -1.81. The summed E-state index contributed by atoms with van der Waals surface area (Å²) < 4.78 is 0. The summed E-state index contributed by atoms with van der Waals surface area (Å²) >= 11 is 0. The van der Waals surface area contributed by atoms with Crippen LogP contribution in [0, 0.1) is 0 Å². The molecule has 8 bridgehead atoms. The average molecular weight is 312 g/mol. The van der Waals surface area contributed by atoms with Gasteiger partial charge in [-0.15, -0.1) is 0 Å². The van der Waals surface area contributed by atoms with Gasteiger partial charge < -0.3 is 9.97 Å². The fraction of sp³-hybridized carbons (Fsp3) is 0. The Bertz CT molecular complexity index is 1070. The molecule has 6 heteroatoms. The predicted molar refractivity (Wildman–Crippen MR) is 94.4 cm³/mol. The molecule has 0 saturated carbocycles. The molecular weight excluding hydrogens is 300 g/mol. The van der Waals surface area contributed by atoms with E-state index in [9.17, 15) is 0 Å². The van der Waals surface area contributed by atoms with E-state index in [-0.39, 0.29) is 0 Å². The van der Waals surface area contributed by atoms with Crippen LogP contribution in [0.25, 0.3) is 46.8 Å². The van der Waals surface area contributed by atoms with E-state index in [1.165, 1.54) is 0 Å². The molecule has 24 heavy (non-hydrogen) atoms. The Morgan fingerprint density at radius 1 is 0.542 bits per heavy atom. The summed E-state index contributed by atoms with van der Waals surface area (Å²) in [6.45, 7) is 0. The van der Waals surface area contributed by atoms with Crippen LogP contribution >= 0.6 is 0 Å². The van der Waals surface area contributed by atoms with Crippen molar-refractivity contribution in [3.05, 3.63) is 59.3 Å². The van der Waals surface area contributed by atoms with E-state index in [2.05, 4.69) is 29.9 Å². The van der Waals surface area contributed by atoms with Crippen molar-refractivity contribution in [2.45, 2.75) is 0 Å². The monoisotopic (exact) mass is 312 g/mol. The highest BCUT2D eigenvalue weighted by Gasteiger charge is 2.03. The number of hydrogen-bond acceptors (Lipinski definition) is 4. The Hall–Kier alpha value is -3.54. The molecule has 0 amide bonds. The minimum atomic E-state index is 0.655. The summed E-state index contributed by atoms with van der Waals surface area (Å²) in [4.78, 5) is 24.5. The molecule has 3 aromatic heterocycles. The standard InChI is InChI=1S/C18H12N6/c1-2-12-10-14-4-6-16(21-14)23-18-8-7-17(24-18)22-15-5-3-13(20-15)9-11(1)19-12/h1-10H,(H2,20,21,22,23,24). The summed E-state index contributed by atoms with van der Waals surface area (Å²) in [7, 11) is 0. The Balaban J connectivity index is 1.85. The first kappa shape index (κ1) is 13.0. The van der Waals surface area contributed by atoms with Gasteiger partial charge >= 0.3 is 0 Å². The Kier molecular flexibility index (Phi) is 2.69. The van der Waals surface area contributed by atoms with Crippen LogP contribution in [0.5, 0.6) is 0 Å². The van der Waals surface area contributed by atoms with E-state index in [1.54, 1.807) is 0 Å². The maximum Gasteiger partial charge on any atom is 0.154 e. The second kappa shape index (κ2) is 4.99. The molecule has 0 radical (unpaired) electrons. The second-order valence-electron chi connectivity index (χ2n) is 5.56. The molecule has 2 aliphatic heterocycles. The van der Waals surface area contributed by atoms with Crippen molar-refractivity contribution in [1.29, 1.82) is 0 Å². The molecule has 5 rings (SSSR count). The first-order valence-corrected chi connectivity index (χ1v) is 7.59. The van der Waals surface area contributed by atoms with Crippen molar-refractivity contribution < 1.29 is 0 Å². The number of nitrogens with one attached hydrogen (secondary N) is 2. The lowest BCUT2D eigenvalue weighted by molar-refractivity contribution is 1.18. The molecule has 5 heterocycles. The van der Waals surface area contributed by atoms with Gasteiger partial charge in [-0.25, -0.2) is 19.9 Å². The third kappa shape index (κ3) is 2.40. The summed E-state index contributed by atoms with van der Waals surface area (Å²) in [5, 5.41) is 0. The number of hydrogen-bond donors (Lipinski definition) is 2. The molecule has 3 aromatic rings. The van der Waals surface area contributed by atoms with E-state index in [0.717, 1.165) is 39.5 Å². The van der Waals surface area contributed by atoms with Crippen LogP contribution in [0.2, 0.25) is 0 Å². The summed E-state index contributed by atoms with van der Waals surface area (Å²) in [5.74, 6) is 0.655. The molecule has 0 spiro atoms. The molecule has 2 aliphatic rings. The molecule has 0 unspecified atom stereocenters. The van der Waals surface area contributed by atoms with Crippen molar-refractivity contribution in [1.82, 2.24) is 29.9 Å². The van der Waals surface area contributed by atoms with Crippen LogP contribution in [0.4, 0.5) is 0 Å². The molecule has 114 valence electrons. The van der Waals surface area contributed by atoms with Gasteiger partial charge in [-0.2, -0.15) is 0 Å². The Morgan fingerprint density at radius 3 is 2.12 bits per heavy atom. The topological polar surface area (TPSA) is 83.1 Å². The maximum atomic E-state index is 4.58. The molecule has 0 saturated heterocycles. The zero-order chi connectivity index (χ0) is 15.9. The van der Waals surface area contributed by atoms with Gasteiger partial charge in [0.2, 0.25) is 0 Å². The molecular formula is C18H12N6. The summed E-state index contributed by atoms with van der Waals surface area (Å²) in [6.07, 6.45) is 7.77. The lowest BCUT2D eigenvalue weighted by Gasteiger charge is -1.85.